The molecule has 4 rings (SSSR count). The van der Waals surface area contributed by atoms with Gasteiger partial charge in [0.15, 0.2) is 17.5 Å². The number of carbonyl (C=O) groups excluding carboxylic acids is 3. The molecule has 2 aromatic carbocycles. The van der Waals surface area contributed by atoms with Crippen molar-refractivity contribution in [2.45, 2.75) is 52.5 Å². The molecule has 2 N–H and O–H groups in total. The molecule has 8 nitrogen and oxygen atoms in total. The van der Waals surface area contributed by atoms with Gasteiger partial charge in [-0.05, 0) is 36.8 Å². The number of hydrogen-bond donors (Lipinski definition) is 2. The molecule has 0 radical (unpaired) electrons. The normalized spacial score (nSPS) is 15.7. The van der Waals surface area contributed by atoms with Crippen LogP contribution in [0, 0.1) is 0 Å². The topological polar surface area (TPSA) is 97.0 Å². The van der Waals surface area contributed by atoms with E-state index in [-0.39, 0.29) is 6.79 Å². The summed E-state index contributed by atoms with van der Waals surface area (Å²) >= 11 is 0. The molecule has 2 aliphatic rings. The summed E-state index contributed by atoms with van der Waals surface area (Å²) in [6.07, 6.45) is 4.33. The Hall–Kier alpha value is -3.55. The molecular formula is C25H31N3O5. The van der Waals surface area contributed by atoms with Crippen molar-refractivity contribution in [2.75, 3.05) is 23.6 Å². The molecule has 176 valence electrons. The third-order valence-electron chi connectivity index (χ3n) is 5.34. The fraction of sp³-hybridized carbons (Fsp3) is 0.400. The number of para-hydroxylation sites is 2. The second-order valence-corrected chi connectivity index (χ2v) is 7.80. The van der Waals surface area contributed by atoms with E-state index in [9.17, 15) is 14.4 Å². The predicted octanol–water partition coefficient (Wildman–Crippen LogP) is 4.11. The number of anilines is 2. The van der Waals surface area contributed by atoms with Crippen LogP contribution in [0.1, 0.15) is 56.8 Å². The van der Waals surface area contributed by atoms with Gasteiger partial charge in [0, 0.05) is 12.1 Å². The molecule has 1 atom stereocenters. The second kappa shape index (κ2) is 11.4. The molecule has 1 unspecified atom stereocenters. The molecule has 33 heavy (non-hydrogen) atoms. The van der Waals surface area contributed by atoms with E-state index in [0.29, 0.717) is 35.0 Å². The van der Waals surface area contributed by atoms with Crippen molar-refractivity contribution >= 4 is 29.1 Å². The van der Waals surface area contributed by atoms with E-state index in [0.717, 1.165) is 12.8 Å². The maximum atomic E-state index is 13.4. The average molecular weight is 454 g/mol. The first-order valence-electron chi connectivity index (χ1n) is 11.4. The van der Waals surface area contributed by atoms with E-state index < -0.39 is 23.8 Å². The molecule has 8 heteroatoms. The van der Waals surface area contributed by atoms with Crippen molar-refractivity contribution in [3.05, 3.63) is 48.0 Å². The number of carbonyl (C=O) groups is 3. The molecule has 0 spiro atoms. The van der Waals surface area contributed by atoms with Crippen LogP contribution in [0.4, 0.5) is 11.4 Å². The third-order valence-corrected chi connectivity index (χ3v) is 5.34. The summed E-state index contributed by atoms with van der Waals surface area (Å²) in [6, 6.07) is 10.4. The highest BCUT2D eigenvalue weighted by atomic mass is 16.7. The number of hydrogen-bond acceptors (Lipinski definition) is 5. The largest absolute Gasteiger partial charge is 0.454 e. The van der Waals surface area contributed by atoms with Crippen LogP contribution in [0.5, 0.6) is 11.5 Å². The van der Waals surface area contributed by atoms with Gasteiger partial charge in [0.1, 0.15) is 0 Å². The van der Waals surface area contributed by atoms with Crippen LogP contribution in [-0.4, -0.2) is 37.1 Å². The van der Waals surface area contributed by atoms with Gasteiger partial charge in [0.25, 0.3) is 17.7 Å². The standard InChI is InChI=1S/C21H21N3O5.C4H10/c1-2-3-10-22-19(25)18-20(26)23-14-6-4-5-7-15(14)24(18)21(27)13-8-9-16-17(11-13)29-12-28-16;1-3-4-2/h4-9,11,18H,2-3,10,12H2,1H3,(H,22,25)(H,23,26);3-4H2,1-2H3. The number of benzene rings is 2. The summed E-state index contributed by atoms with van der Waals surface area (Å²) < 4.78 is 10.6. The van der Waals surface area contributed by atoms with E-state index in [1.165, 1.54) is 17.7 Å². The number of fused-ring (bicyclic) bond motifs is 2. The second-order valence-electron chi connectivity index (χ2n) is 7.80. The molecule has 0 saturated carbocycles. The van der Waals surface area contributed by atoms with E-state index in [1.54, 1.807) is 42.5 Å². The fourth-order valence-electron chi connectivity index (χ4n) is 3.36. The van der Waals surface area contributed by atoms with Crippen molar-refractivity contribution in [3.8, 4) is 11.5 Å². The van der Waals surface area contributed by atoms with Crippen molar-refractivity contribution in [1.29, 1.82) is 0 Å². The zero-order valence-electron chi connectivity index (χ0n) is 19.3. The van der Waals surface area contributed by atoms with E-state index in [1.807, 2.05) is 6.92 Å². The monoisotopic (exact) mass is 453 g/mol. The summed E-state index contributed by atoms with van der Waals surface area (Å²) in [5, 5.41) is 5.48. The van der Waals surface area contributed by atoms with Crippen LogP contribution in [0.3, 0.4) is 0 Å². The number of rotatable bonds is 6. The Kier molecular flexibility index (Phi) is 8.29. The van der Waals surface area contributed by atoms with Crippen molar-refractivity contribution in [2.24, 2.45) is 0 Å². The van der Waals surface area contributed by atoms with Crippen molar-refractivity contribution < 1.29 is 23.9 Å². The average Bonchev–Trinajstić information content (AvgIpc) is 3.31. The molecular weight excluding hydrogens is 422 g/mol. The first-order valence-corrected chi connectivity index (χ1v) is 11.4. The maximum Gasteiger partial charge on any atom is 0.259 e. The highest BCUT2D eigenvalue weighted by Gasteiger charge is 2.42. The van der Waals surface area contributed by atoms with Crippen LogP contribution in [-0.2, 0) is 9.59 Å². The highest BCUT2D eigenvalue weighted by molar-refractivity contribution is 6.24. The number of nitrogens with one attached hydrogen (secondary N) is 2. The molecule has 0 fully saturated rings. The first kappa shape index (κ1) is 24.1. The summed E-state index contributed by atoms with van der Waals surface area (Å²) in [5.74, 6) is -0.533. The molecule has 3 amide bonds. The summed E-state index contributed by atoms with van der Waals surface area (Å²) in [5.41, 5.74) is 1.24. The molecule has 2 heterocycles. The quantitative estimate of drug-likeness (QED) is 0.507. The van der Waals surface area contributed by atoms with Gasteiger partial charge in [-0.15, -0.1) is 0 Å². The van der Waals surface area contributed by atoms with Crippen LogP contribution in [0.2, 0.25) is 0 Å². The van der Waals surface area contributed by atoms with Crippen LogP contribution in [0.25, 0.3) is 0 Å². The van der Waals surface area contributed by atoms with Gasteiger partial charge in [0.05, 0.1) is 11.4 Å². The number of amides is 3. The predicted molar refractivity (Wildman–Crippen MR) is 127 cm³/mol. The fourth-order valence-corrected chi connectivity index (χ4v) is 3.36. The summed E-state index contributed by atoms with van der Waals surface area (Å²) in [6.45, 7) is 6.89. The van der Waals surface area contributed by atoms with Crippen LogP contribution >= 0.6 is 0 Å². The molecule has 2 aromatic rings. The summed E-state index contributed by atoms with van der Waals surface area (Å²) in [4.78, 5) is 40.2. The lowest BCUT2D eigenvalue weighted by Crippen LogP contribution is -2.58. The Labute approximate surface area is 194 Å². The number of unbranched alkanes of at least 4 members (excludes halogenated alkanes) is 2. The Bertz CT molecular complexity index is 1010. The Morgan fingerprint density at radius 3 is 2.48 bits per heavy atom. The molecule has 0 saturated heterocycles. The van der Waals surface area contributed by atoms with Gasteiger partial charge < -0.3 is 20.1 Å². The van der Waals surface area contributed by atoms with Crippen molar-refractivity contribution in [1.82, 2.24) is 5.32 Å². The lowest BCUT2D eigenvalue weighted by Gasteiger charge is -2.35. The van der Waals surface area contributed by atoms with Gasteiger partial charge in [0.2, 0.25) is 6.79 Å². The molecule has 0 bridgehead atoms. The zero-order valence-corrected chi connectivity index (χ0v) is 19.3. The minimum absolute atomic E-state index is 0.0877. The van der Waals surface area contributed by atoms with E-state index in [4.69, 9.17) is 9.47 Å². The molecule has 2 aliphatic heterocycles. The van der Waals surface area contributed by atoms with Gasteiger partial charge in [-0.25, -0.2) is 0 Å². The van der Waals surface area contributed by atoms with Gasteiger partial charge >= 0.3 is 0 Å². The SMILES string of the molecule is CCCC.CCCCNC(=O)C1C(=O)Nc2ccccc2N1C(=O)c1ccc2c(c1)OCO2. The summed E-state index contributed by atoms with van der Waals surface area (Å²) in [7, 11) is 0. The Morgan fingerprint density at radius 2 is 1.76 bits per heavy atom. The lowest BCUT2D eigenvalue weighted by atomic mass is 10.0. The Balaban J connectivity index is 0.000000709. The van der Waals surface area contributed by atoms with Crippen LogP contribution in [0.15, 0.2) is 42.5 Å². The van der Waals surface area contributed by atoms with Gasteiger partial charge in [-0.2, -0.15) is 0 Å². The molecule has 0 aromatic heterocycles. The van der Waals surface area contributed by atoms with Crippen molar-refractivity contribution in [3.63, 3.8) is 0 Å². The maximum absolute atomic E-state index is 13.4. The van der Waals surface area contributed by atoms with Crippen LogP contribution < -0.4 is 25.0 Å². The number of ether oxygens (including phenoxy) is 2. The Morgan fingerprint density at radius 1 is 1.03 bits per heavy atom. The van der Waals surface area contributed by atoms with E-state index >= 15 is 0 Å². The highest BCUT2D eigenvalue weighted by Crippen LogP contribution is 2.36. The minimum Gasteiger partial charge on any atom is -0.454 e. The smallest absolute Gasteiger partial charge is 0.259 e. The lowest BCUT2D eigenvalue weighted by molar-refractivity contribution is -0.128. The van der Waals surface area contributed by atoms with E-state index in [2.05, 4.69) is 24.5 Å². The molecule has 0 aliphatic carbocycles. The third kappa shape index (κ3) is 5.45. The minimum atomic E-state index is -1.31. The first-order chi connectivity index (χ1) is 16.0. The van der Waals surface area contributed by atoms with Gasteiger partial charge in [-0.3, -0.25) is 19.3 Å². The number of nitrogens with zero attached hydrogens (tertiary/aromatic N) is 1. The van der Waals surface area contributed by atoms with Gasteiger partial charge in [-0.1, -0.05) is 52.2 Å². The zero-order chi connectivity index (χ0) is 23.8.